The summed E-state index contributed by atoms with van der Waals surface area (Å²) < 4.78 is 1.55. The summed E-state index contributed by atoms with van der Waals surface area (Å²) in [5.41, 5.74) is 3.25. The Morgan fingerprint density at radius 2 is 2.17 bits per heavy atom. The maximum Gasteiger partial charge on any atom is 0.319 e. The molecule has 0 atom stereocenters. The van der Waals surface area contributed by atoms with Crippen LogP contribution in [0.25, 0.3) is 5.69 Å². The van der Waals surface area contributed by atoms with Gasteiger partial charge in [-0.05, 0) is 47.2 Å². The first-order valence-corrected chi connectivity index (χ1v) is 7.01. The van der Waals surface area contributed by atoms with E-state index in [0.29, 0.717) is 12.2 Å². The van der Waals surface area contributed by atoms with Crippen LogP contribution in [0, 0.1) is 6.92 Å². The van der Waals surface area contributed by atoms with Crippen molar-refractivity contribution >= 4 is 11.7 Å². The van der Waals surface area contributed by atoms with Crippen LogP contribution >= 0.6 is 0 Å². The summed E-state index contributed by atoms with van der Waals surface area (Å²) >= 11 is 0. The molecule has 8 heteroatoms. The molecule has 1 aromatic carbocycles. The molecule has 0 spiro atoms. The van der Waals surface area contributed by atoms with Crippen molar-refractivity contribution in [3.63, 3.8) is 0 Å². The molecular weight excluding hydrogens is 294 g/mol. The number of hydrogen-bond donors (Lipinski definition) is 2. The molecule has 0 saturated heterocycles. The maximum absolute atomic E-state index is 12.0. The number of aromatic nitrogens is 5. The largest absolute Gasteiger partial charge is 0.332 e. The van der Waals surface area contributed by atoms with E-state index in [2.05, 4.69) is 31.1 Å². The Labute approximate surface area is 132 Å². The van der Waals surface area contributed by atoms with Crippen LogP contribution < -0.4 is 10.6 Å². The summed E-state index contributed by atoms with van der Waals surface area (Å²) in [6, 6.07) is 10.8. The molecule has 0 saturated carbocycles. The van der Waals surface area contributed by atoms with Crippen LogP contribution in [0.15, 0.2) is 48.9 Å². The van der Waals surface area contributed by atoms with Gasteiger partial charge in [-0.25, -0.2) is 9.48 Å². The Bertz CT molecular complexity index is 787. The van der Waals surface area contributed by atoms with Crippen LogP contribution in [0.1, 0.15) is 11.3 Å². The molecular formula is C15H15N7O. The lowest BCUT2D eigenvalue weighted by Crippen LogP contribution is -2.28. The molecule has 0 bridgehead atoms. The number of pyridine rings is 1. The first-order chi connectivity index (χ1) is 11.2. The number of nitrogens with one attached hydrogen (secondary N) is 2. The van der Waals surface area contributed by atoms with Gasteiger partial charge in [0, 0.05) is 11.9 Å². The molecule has 0 aliphatic carbocycles. The standard InChI is InChI=1S/C15H15N7O/c1-11-5-6-12(8-14(11)22-10-18-20-21-22)19-15(23)17-9-13-4-2-3-7-16-13/h2-8,10H,9H2,1H3,(H2,17,19,23). The Morgan fingerprint density at radius 1 is 1.26 bits per heavy atom. The molecule has 0 unspecified atom stereocenters. The smallest absolute Gasteiger partial charge is 0.319 e. The molecule has 0 fully saturated rings. The molecule has 2 heterocycles. The van der Waals surface area contributed by atoms with Crippen LogP contribution in [-0.2, 0) is 6.54 Å². The molecule has 0 aliphatic heterocycles. The maximum atomic E-state index is 12.0. The van der Waals surface area contributed by atoms with Crippen LogP contribution in [0.4, 0.5) is 10.5 Å². The molecule has 3 rings (SSSR count). The fourth-order valence-corrected chi connectivity index (χ4v) is 2.05. The SMILES string of the molecule is Cc1ccc(NC(=O)NCc2ccccn2)cc1-n1cnnn1. The summed E-state index contributed by atoms with van der Waals surface area (Å²) in [4.78, 5) is 16.1. The van der Waals surface area contributed by atoms with Gasteiger partial charge in [0.15, 0.2) is 0 Å². The van der Waals surface area contributed by atoms with Gasteiger partial charge < -0.3 is 10.6 Å². The predicted molar refractivity (Wildman–Crippen MR) is 84.0 cm³/mol. The molecule has 8 nitrogen and oxygen atoms in total. The summed E-state index contributed by atoms with van der Waals surface area (Å²) in [7, 11) is 0. The van der Waals surface area contributed by atoms with Crippen molar-refractivity contribution in [2.75, 3.05) is 5.32 Å². The van der Waals surface area contributed by atoms with Gasteiger partial charge in [-0.15, -0.1) is 5.10 Å². The predicted octanol–water partition coefficient (Wildman–Crippen LogP) is 1.69. The Kier molecular flexibility index (Phi) is 4.23. The van der Waals surface area contributed by atoms with E-state index >= 15 is 0 Å². The summed E-state index contributed by atoms with van der Waals surface area (Å²) in [6.07, 6.45) is 3.20. The first-order valence-electron chi connectivity index (χ1n) is 7.01. The number of benzene rings is 1. The summed E-state index contributed by atoms with van der Waals surface area (Å²) in [6.45, 7) is 2.31. The minimum atomic E-state index is -0.304. The van der Waals surface area contributed by atoms with Crippen LogP contribution in [0.5, 0.6) is 0 Å². The number of rotatable bonds is 4. The van der Waals surface area contributed by atoms with Gasteiger partial charge >= 0.3 is 6.03 Å². The lowest BCUT2D eigenvalue weighted by Gasteiger charge is -2.10. The highest BCUT2D eigenvalue weighted by atomic mass is 16.2. The van der Waals surface area contributed by atoms with Crippen LogP contribution in [0.3, 0.4) is 0 Å². The number of amides is 2. The van der Waals surface area contributed by atoms with E-state index in [-0.39, 0.29) is 6.03 Å². The highest BCUT2D eigenvalue weighted by Gasteiger charge is 2.07. The van der Waals surface area contributed by atoms with Crippen molar-refractivity contribution in [2.45, 2.75) is 13.5 Å². The van der Waals surface area contributed by atoms with Gasteiger partial charge in [0.2, 0.25) is 0 Å². The number of tetrazole rings is 1. The van der Waals surface area contributed by atoms with E-state index in [1.54, 1.807) is 10.9 Å². The monoisotopic (exact) mass is 309 g/mol. The number of hydrogen-bond acceptors (Lipinski definition) is 5. The van der Waals surface area contributed by atoms with Gasteiger partial charge in [-0.3, -0.25) is 4.98 Å². The van der Waals surface area contributed by atoms with E-state index in [0.717, 1.165) is 16.9 Å². The van der Waals surface area contributed by atoms with E-state index in [4.69, 9.17) is 0 Å². The zero-order chi connectivity index (χ0) is 16.1. The van der Waals surface area contributed by atoms with Crippen molar-refractivity contribution in [3.8, 4) is 5.69 Å². The van der Waals surface area contributed by atoms with Crippen molar-refractivity contribution in [3.05, 3.63) is 60.2 Å². The molecule has 2 amide bonds. The number of aryl methyl sites for hydroxylation is 1. The quantitative estimate of drug-likeness (QED) is 0.764. The molecule has 2 aromatic heterocycles. The lowest BCUT2D eigenvalue weighted by atomic mass is 10.2. The Balaban J connectivity index is 1.66. The first kappa shape index (κ1) is 14.6. The lowest BCUT2D eigenvalue weighted by molar-refractivity contribution is 0.251. The third-order valence-electron chi connectivity index (χ3n) is 3.22. The zero-order valence-corrected chi connectivity index (χ0v) is 12.5. The van der Waals surface area contributed by atoms with Gasteiger partial charge in [-0.2, -0.15) is 0 Å². The van der Waals surface area contributed by atoms with Crippen LogP contribution in [-0.4, -0.2) is 31.2 Å². The van der Waals surface area contributed by atoms with Gasteiger partial charge in [0.1, 0.15) is 6.33 Å². The normalized spacial score (nSPS) is 10.3. The van der Waals surface area contributed by atoms with E-state index in [1.807, 2.05) is 43.3 Å². The van der Waals surface area contributed by atoms with Gasteiger partial charge in [-0.1, -0.05) is 12.1 Å². The topological polar surface area (TPSA) is 97.6 Å². The summed E-state index contributed by atoms with van der Waals surface area (Å²) in [5.74, 6) is 0. The van der Waals surface area contributed by atoms with E-state index in [9.17, 15) is 4.79 Å². The van der Waals surface area contributed by atoms with Crippen molar-refractivity contribution in [1.82, 2.24) is 30.5 Å². The zero-order valence-electron chi connectivity index (χ0n) is 12.5. The molecule has 2 N–H and O–H groups in total. The molecule has 0 radical (unpaired) electrons. The van der Waals surface area contributed by atoms with Gasteiger partial charge in [0.05, 0.1) is 17.9 Å². The highest BCUT2D eigenvalue weighted by Crippen LogP contribution is 2.18. The van der Waals surface area contributed by atoms with Crippen molar-refractivity contribution in [1.29, 1.82) is 0 Å². The second-order valence-electron chi connectivity index (χ2n) is 4.88. The second-order valence-corrected chi connectivity index (χ2v) is 4.88. The fourth-order valence-electron chi connectivity index (χ4n) is 2.05. The second kappa shape index (κ2) is 6.65. The summed E-state index contributed by atoms with van der Waals surface area (Å²) in [5, 5.41) is 16.6. The third kappa shape index (κ3) is 3.67. The number of anilines is 1. The van der Waals surface area contributed by atoms with E-state index in [1.165, 1.54) is 6.33 Å². The molecule has 3 aromatic rings. The minimum Gasteiger partial charge on any atom is -0.332 e. The number of urea groups is 1. The fraction of sp³-hybridized carbons (Fsp3) is 0.133. The van der Waals surface area contributed by atoms with Crippen molar-refractivity contribution in [2.24, 2.45) is 0 Å². The average molecular weight is 309 g/mol. The third-order valence-corrected chi connectivity index (χ3v) is 3.22. The van der Waals surface area contributed by atoms with Crippen LogP contribution in [0.2, 0.25) is 0 Å². The minimum absolute atomic E-state index is 0.304. The molecule has 23 heavy (non-hydrogen) atoms. The van der Waals surface area contributed by atoms with E-state index < -0.39 is 0 Å². The number of carbonyl (C=O) groups excluding carboxylic acids is 1. The Morgan fingerprint density at radius 3 is 2.91 bits per heavy atom. The number of nitrogens with zero attached hydrogens (tertiary/aromatic N) is 5. The molecule has 116 valence electrons. The highest BCUT2D eigenvalue weighted by molar-refractivity contribution is 5.89. The van der Waals surface area contributed by atoms with Gasteiger partial charge in [0.25, 0.3) is 0 Å². The average Bonchev–Trinajstić information content (AvgIpc) is 3.10. The molecule has 0 aliphatic rings. The van der Waals surface area contributed by atoms with Crippen molar-refractivity contribution < 1.29 is 4.79 Å². The number of carbonyl (C=O) groups is 1. The Hall–Kier alpha value is -3.29.